The van der Waals surface area contributed by atoms with Gasteiger partial charge in [-0.15, -0.1) is 0 Å². The van der Waals surface area contributed by atoms with E-state index in [2.05, 4.69) is 27.2 Å². The number of hydrogen-bond donors (Lipinski definition) is 1. The molecule has 0 aliphatic carbocycles. The first kappa shape index (κ1) is 19.4. The van der Waals surface area contributed by atoms with Gasteiger partial charge in [-0.05, 0) is 62.3 Å². The van der Waals surface area contributed by atoms with Crippen molar-refractivity contribution in [2.75, 3.05) is 37.6 Å². The number of likely N-dealkylation sites (tertiary alicyclic amines) is 1. The normalized spacial score (nSPS) is 27.7. The van der Waals surface area contributed by atoms with Gasteiger partial charge < -0.3 is 9.80 Å². The summed E-state index contributed by atoms with van der Waals surface area (Å²) in [7, 11) is 0. The molecule has 0 aromatic heterocycles. The minimum atomic E-state index is -0.642. The molecule has 152 valence electrons. The maximum absolute atomic E-state index is 13.6. The van der Waals surface area contributed by atoms with Gasteiger partial charge in [-0.25, -0.2) is 4.39 Å². The molecular formula is C22H30FN3O2. The predicted molar refractivity (Wildman–Crippen MR) is 107 cm³/mol. The third-order valence-electron chi connectivity index (χ3n) is 6.48. The van der Waals surface area contributed by atoms with Gasteiger partial charge in [0, 0.05) is 38.3 Å². The zero-order valence-corrected chi connectivity index (χ0v) is 16.4. The number of carbonyl (C=O) groups excluding carboxylic acids is 2. The van der Waals surface area contributed by atoms with Crippen LogP contribution in [-0.4, -0.2) is 55.6 Å². The topological polar surface area (TPSA) is 52.7 Å². The number of nitrogens with zero attached hydrogens (tertiary/aromatic N) is 2. The van der Waals surface area contributed by atoms with E-state index in [-0.39, 0.29) is 17.7 Å². The van der Waals surface area contributed by atoms with Crippen molar-refractivity contribution < 1.29 is 14.0 Å². The molecule has 3 fully saturated rings. The van der Waals surface area contributed by atoms with Crippen LogP contribution in [0.2, 0.25) is 0 Å². The summed E-state index contributed by atoms with van der Waals surface area (Å²) in [5.74, 6) is 0.0797. The number of amides is 2. The van der Waals surface area contributed by atoms with Crippen molar-refractivity contribution in [3.63, 3.8) is 0 Å². The Morgan fingerprint density at radius 1 is 1.00 bits per heavy atom. The van der Waals surface area contributed by atoms with Gasteiger partial charge in [0.1, 0.15) is 6.17 Å². The average Bonchev–Trinajstić information content (AvgIpc) is 2.69. The Balaban J connectivity index is 1.29. The SMILES string of the molecule is O=C1CC[C@H](c2ccc(N3CCC(CN4CCC[C@H](F)C4)CC3)cc2)C(=O)N1. The number of rotatable bonds is 4. The number of carbonyl (C=O) groups is 2. The molecule has 0 unspecified atom stereocenters. The lowest BCUT2D eigenvalue weighted by Gasteiger charge is -2.37. The Labute approximate surface area is 166 Å². The lowest BCUT2D eigenvalue weighted by atomic mass is 9.90. The molecule has 2 amide bonds. The van der Waals surface area contributed by atoms with Crippen LogP contribution in [0.25, 0.3) is 0 Å². The molecule has 1 aromatic carbocycles. The van der Waals surface area contributed by atoms with Crippen molar-refractivity contribution in [3.8, 4) is 0 Å². The fourth-order valence-electron chi connectivity index (χ4n) is 4.83. The number of nitrogens with one attached hydrogen (secondary N) is 1. The Kier molecular flexibility index (Phi) is 5.95. The lowest BCUT2D eigenvalue weighted by molar-refractivity contribution is -0.134. The Bertz CT molecular complexity index is 700. The van der Waals surface area contributed by atoms with Crippen LogP contribution < -0.4 is 10.2 Å². The zero-order chi connectivity index (χ0) is 19.5. The molecule has 4 rings (SSSR count). The Morgan fingerprint density at radius 3 is 2.43 bits per heavy atom. The summed E-state index contributed by atoms with van der Waals surface area (Å²) in [6.07, 6.45) is 4.35. The fourth-order valence-corrected chi connectivity index (χ4v) is 4.83. The van der Waals surface area contributed by atoms with Gasteiger partial charge in [0.25, 0.3) is 0 Å². The molecule has 5 nitrogen and oxygen atoms in total. The third kappa shape index (κ3) is 4.54. The number of anilines is 1. The molecular weight excluding hydrogens is 357 g/mol. The van der Waals surface area contributed by atoms with Crippen molar-refractivity contribution in [3.05, 3.63) is 29.8 Å². The molecule has 0 bridgehead atoms. The van der Waals surface area contributed by atoms with E-state index in [1.165, 1.54) is 5.69 Å². The van der Waals surface area contributed by atoms with Crippen LogP contribution in [0.15, 0.2) is 24.3 Å². The Hall–Kier alpha value is -1.95. The van der Waals surface area contributed by atoms with Crippen molar-refractivity contribution in [2.24, 2.45) is 5.92 Å². The summed E-state index contributed by atoms with van der Waals surface area (Å²) in [5, 5.41) is 2.43. The van der Waals surface area contributed by atoms with E-state index >= 15 is 0 Å². The van der Waals surface area contributed by atoms with E-state index < -0.39 is 6.17 Å². The highest BCUT2D eigenvalue weighted by atomic mass is 19.1. The summed E-state index contributed by atoms with van der Waals surface area (Å²) in [6, 6.07) is 8.24. The maximum Gasteiger partial charge on any atom is 0.234 e. The van der Waals surface area contributed by atoms with E-state index in [9.17, 15) is 14.0 Å². The van der Waals surface area contributed by atoms with Gasteiger partial charge in [-0.2, -0.15) is 0 Å². The highest BCUT2D eigenvalue weighted by Crippen LogP contribution is 2.29. The second kappa shape index (κ2) is 8.60. The van der Waals surface area contributed by atoms with E-state index in [4.69, 9.17) is 0 Å². The summed E-state index contributed by atoms with van der Waals surface area (Å²) in [6.45, 7) is 4.73. The summed E-state index contributed by atoms with van der Waals surface area (Å²) >= 11 is 0. The minimum absolute atomic E-state index is 0.174. The number of imide groups is 1. The van der Waals surface area contributed by atoms with Crippen LogP contribution in [0, 0.1) is 5.92 Å². The van der Waals surface area contributed by atoms with Crippen LogP contribution in [0.4, 0.5) is 10.1 Å². The molecule has 28 heavy (non-hydrogen) atoms. The van der Waals surface area contributed by atoms with E-state index in [1.54, 1.807) is 0 Å². The predicted octanol–water partition coefficient (Wildman–Crippen LogP) is 2.86. The largest absolute Gasteiger partial charge is 0.372 e. The highest BCUT2D eigenvalue weighted by molar-refractivity contribution is 6.00. The van der Waals surface area contributed by atoms with E-state index in [0.717, 1.165) is 57.4 Å². The Morgan fingerprint density at radius 2 is 1.75 bits per heavy atom. The van der Waals surface area contributed by atoms with Crippen LogP contribution >= 0.6 is 0 Å². The van der Waals surface area contributed by atoms with Crippen molar-refractivity contribution in [1.29, 1.82) is 0 Å². The first-order valence-corrected chi connectivity index (χ1v) is 10.6. The first-order valence-electron chi connectivity index (χ1n) is 10.6. The summed E-state index contributed by atoms with van der Waals surface area (Å²) < 4.78 is 13.6. The van der Waals surface area contributed by atoms with Gasteiger partial charge >= 0.3 is 0 Å². The molecule has 3 heterocycles. The molecule has 0 saturated carbocycles. The number of hydrogen-bond acceptors (Lipinski definition) is 4. The minimum Gasteiger partial charge on any atom is -0.372 e. The third-order valence-corrected chi connectivity index (χ3v) is 6.48. The van der Waals surface area contributed by atoms with Gasteiger partial charge in [0.2, 0.25) is 11.8 Å². The summed E-state index contributed by atoms with van der Waals surface area (Å²) in [5.41, 5.74) is 2.17. The van der Waals surface area contributed by atoms with Crippen LogP contribution in [0.5, 0.6) is 0 Å². The summed E-state index contributed by atoms with van der Waals surface area (Å²) in [4.78, 5) is 28.1. The molecule has 3 saturated heterocycles. The van der Waals surface area contributed by atoms with Crippen molar-refractivity contribution in [1.82, 2.24) is 10.2 Å². The quantitative estimate of drug-likeness (QED) is 0.808. The molecule has 6 heteroatoms. The fraction of sp³-hybridized carbons (Fsp3) is 0.636. The van der Waals surface area contributed by atoms with Gasteiger partial charge in [0.05, 0.1) is 5.92 Å². The second-order valence-corrected chi connectivity index (χ2v) is 8.52. The zero-order valence-electron chi connectivity index (χ0n) is 16.4. The van der Waals surface area contributed by atoms with Gasteiger partial charge in [0.15, 0.2) is 0 Å². The molecule has 3 aliphatic heterocycles. The monoisotopic (exact) mass is 387 g/mol. The standard InChI is InChI=1S/C22H30FN3O2/c23-18-2-1-11-25(15-18)14-16-9-12-26(13-10-16)19-5-3-17(4-6-19)20-7-8-21(27)24-22(20)28/h3-6,16,18,20H,1-2,7-15H2,(H,24,27,28)/t18-,20+/m0/s1. The lowest BCUT2D eigenvalue weighted by Crippen LogP contribution is -2.43. The molecule has 0 radical (unpaired) electrons. The second-order valence-electron chi connectivity index (χ2n) is 8.52. The molecule has 2 atom stereocenters. The van der Waals surface area contributed by atoms with E-state index in [1.807, 2.05) is 12.1 Å². The van der Waals surface area contributed by atoms with Crippen LogP contribution in [-0.2, 0) is 9.59 Å². The van der Waals surface area contributed by atoms with Gasteiger partial charge in [-0.1, -0.05) is 12.1 Å². The maximum atomic E-state index is 13.6. The number of halogens is 1. The van der Waals surface area contributed by atoms with Crippen molar-refractivity contribution in [2.45, 2.75) is 50.6 Å². The van der Waals surface area contributed by atoms with Crippen molar-refractivity contribution >= 4 is 17.5 Å². The van der Waals surface area contributed by atoms with Crippen LogP contribution in [0.1, 0.15) is 50.0 Å². The molecule has 1 aromatic rings. The van der Waals surface area contributed by atoms with Crippen LogP contribution in [0.3, 0.4) is 0 Å². The molecule has 3 aliphatic rings. The average molecular weight is 387 g/mol. The first-order chi connectivity index (χ1) is 13.6. The molecule has 0 spiro atoms. The number of alkyl halides is 1. The number of benzene rings is 1. The highest BCUT2D eigenvalue weighted by Gasteiger charge is 2.28. The number of piperidine rings is 3. The van der Waals surface area contributed by atoms with Gasteiger partial charge in [-0.3, -0.25) is 14.9 Å². The smallest absolute Gasteiger partial charge is 0.234 e. The molecule has 1 N–H and O–H groups in total. The van der Waals surface area contributed by atoms with E-state index in [0.29, 0.717) is 25.3 Å².